The molecular formula is C19H19N3O2S2. The van der Waals surface area contributed by atoms with Crippen molar-refractivity contribution < 1.29 is 9.21 Å². The van der Waals surface area contributed by atoms with E-state index >= 15 is 0 Å². The lowest BCUT2D eigenvalue weighted by Gasteiger charge is -2.09. The third-order valence-corrected chi connectivity index (χ3v) is 6.50. The number of hydrogen-bond acceptors (Lipinski definition) is 7. The standard InChI is InChI=1S/C19H19N3O2S2/c1-12(17(23)15-8-7-13-4-2-5-14(13)10-15)25-19-22-21-18(26-19)20-11-16-6-3-9-24-16/h3,6-10,12H,2,4-5,11H2,1H3,(H,20,21). The second kappa shape index (κ2) is 7.63. The van der Waals surface area contributed by atoms with Crippen molar-refractivity contribution >= 4 is 34.0 Å². The highest BCUT2D eigenvalue weighted by Crippen LogP contribution is 2.31. The molecule has 1 N–H and O–H groups in total. The molecule has 134 valence electrons. The summed E-state index contributed by atoms with van der Waals surface area (Å²) in [5, 5.41) is 12.0. The maximum atomic E-state index is 12.7. The number of hydrogen-bond donors (Lipinski definition) is 1. The van der Waals surface area contributed by atoms with Crippen molar-refractivity contribution in [1.29, 1.82) is 0 Å². The fraction of sp³-hybridized carbons (Fsp3) is 0.316. The van der Waals surface area contributed by atoms with Gasteiger partial charge in [0, 0.05) is 5.56 Å². The van der Waals surface area contributed by atoms with Gasteiger partial charge in [-0.05, 0) is 55.5 Å². The maximum absolute atomic E-state index is 12.7. The third-order valence-electron chi connectivity index (χ3n) is 4.43. The average molecular weight is 386 g/mol. The molecule has 1 aliphatic rings. The molecule has 2 aromatic heterocycles. The summed E-state index contributed by atoms with van der Waals surface area (Å²) < 4.78 is 6.07. The van der Waals surface area contributed by atoms with Gasteiger partial charge in [0.05, 0.1) is 18.1 Å². The Morgan fingerprint density at radius 3 is 3.04 bits per heavy atom. The first-order valence-electron chi connectivity index (χ1n) is 8.61. The van der Waals surface area contributed by atoms with Gasteiger partial charge in [0.1, 0.15) is 5.76 Å². The molecule has 0 amide bonds. The zero-order chi connectivity index (χ0) is 17.9. The SMILES string of the molecule is CC(Sc1nnc(NCc2ccco2)s1)C(=O)c1ccc2c(c1)CCC2. The lowest BCUT2D eigenvalue weighted by Crippen LogP contribution is -2.13. The van der Waals surface area contributed by atoms with E-state index < -0.39 is 0 Å². The smallest absolute Gasteiger partial charge is 0.206 e. The van der Waals surface area contributed by atoms with Crippen LogP contribution < -0.4 is 5.32 Å². The van der Waals surface area contributed by atoms with Gasteiger partial charge >= 0.3 is 0 Å². The van der Waals surface area contributed by atoms with Gasteiger partial charge in [-0.1, -0.05) is 35.2 Å². The van der Waals surface area contributed by atoms with Crippen molar-refractivity contribution in [3.63, 3.8) is 0 Å². The van der Waals surface area contributed by atoms with Crippen LogP contribution in [-0.4, -0.2) is 21.2 Å². The molecule has 4 rings (SSSR count). The van der Waals surface area contributed by atoms with Crippen LogP contribution in [0.5, 0.6) is 0 Å². The van der Waals surface area contributed by atoms with Crippen molar-refractivity contribution in [3.05, 3.63) is 59.0 Å². The molecule has 0 aliphatic heterocycles. The number of nitrogens with zero attached hydrogens (tertiary/aromatic N) is 2. The number of anilines is 1. The van der Waals surface area contributed by atoms with Crippen molar-refractivity contribution in [2.75, 3.05) is 5.32 Å². The zero-order valence-corrected chi connectivity index (χ0v) is 16.0. The van der Waals surface area contributed by atoms with Crippen LogP contribution in [-0.2, 0) is 19.4 Å². The number of rotatable bonds is 7. The molecule has 1 aromatic carbocycles. The number of furan rings is 1. The molecular weight excluding hydrogens is 366 g/mol. The van der Waals surface area contributed by atoms with Gasteiger partial charge in [-0.25, -0.2) is 0 Å². The van der Waals surface area contributed by atoms with Crippen LogP contribution in [0.15, 0.2) is 45.4 Å². The summed E-state index contributed by atoms with van der Waals surface area (Å²) in [7, 11) is 0. The summed E-state index contributed by atoms with van der Waals surface area (Å²) in [5.74, 6) is 0.986. The Labute approximate surface area is 160 Å². The number of carbonyl (C=O) groups excluding carboxylic acids is 1. The van der Waals surface area contributed by atoms with Gasteiger partial charge in [0.2, 0.25) is 5.13 Å². The van der Waals surface area contributed by atoms with Crippen LogP contribution in [0.4, 0.5) is 5.13 Å². The topological polar surface area (TPSA) is 68.0 Å². The highest BCUT2D eigenvalue weighted by atomic mass is 32.2. The number of nitrogens with one attached hydrogen (secondary N) is 1. The minimum atomic E-state index is -0.194. The van der Waals surface area contributed by atoms with Crippen LogP contribution in [0.1, 0.15) is 40.6 Å². The monoisotopic (exact) mass is 385 g/mol. The minimum absolute atomic E-state index is 0.144. The van der Waals surface area contributed by atoms with Crippen LogP contribution in [0.25, 0.3) is 0 Å². The summed E-state index contributed by atoms with van der Waals surface area (Å²) in [6.07, 6.45) is 5.05. The van der Waals surface area contributed by atoms with E-state index in [0.29, 0.717) is 6.54 Å². The molecule has 3 aromatic rings. The van der Waals surface area contributed by atoms with E-state index in [1.807, 2.05) is 25.1 Å². The molecule has 26 heavy (non-hydrogen) atoms. The van der Waals surface area contributed by atoms with Gasteiger partial charge in [0.15, 0.2) is 10.1 Å². The largest absolute Gasteiger partial charge is 0.467 e. The van der Waals surface area contributed by atoms with Crippen LogP contribution in [0.2, 0.25) is 0 Å². The minimum Gasteiger partial charge on any atom is -0.467 e. The molecule has 7 heteroatoms. The molecule has 5 nitrogen and oxygen atoms in total. The number of fused-ring (bicyclic) bond motifs is 1. The number of ketones is 1. The summed E-state index contributed by atoms with van der Waals surface area (Å²) in [5.41, 5.74) is 3.51. The van der Waals surface area contributed by atoms with Gasteiger partial charge in [-0.2, -0.15) is 0 Å². The summed E-state index contributed by atoms with van der Waals surface area (Å²) in [6, 6.07) is 9.89. The van der Waals surface area contributed by atoms with Crippen molar-refractivity contribution in [2.24, 2.45) is 0 Å². The van der Waals surface area contributed by atoms with E-state index in [0.717, 1.165) is 33.6 Å². The molecule has 2 heterocycles. The lowest BCUT2D eigenvalue weighted by atomic mass is 10.0. The number of aromatic nitrogens is 2. The van der Waals surface area contributed by atoms with Crippen molar-refractivity contribution in [2.45, 2.75) is 42.3 Å². The molecule has 0 saturated carbocycles. The maximum Gasteiger partial charge on any atom is 0.206 e. The van der Waals surface area contributed by atoms with Gasteiger partial charge in [-0.15, -0.1) is 10.2 Å². The molecule has 1 atom stereocenters. The van der Waals surface area contributed by atoms with Crippen molar-refractivity contribution in [1.82, 2.24) is 10.2 Å². The Kier molecular flexibility index (Phi) is 5.08. The summed E-state index contributed by atoms with van der Waals surface area (Å²) >= 11 is 2.91. The third kappa shape index (κ3) is 3.83. The number of benzene rings is 1. The first-order valence-corrected chi connectivity index (χ1v) is 10.3. The van der Waals surface area contributed by atoms with Crippen molar-refractivity contribution in [3.8, 4) is 0 Å². The van der Waals surface area contributed by atoms with E-state index in [-0.39, 0.29) is 11.0 Å². The van der Waals surface area contributed by atoms with E-state index in [1.165, 1.54) is 40.6 Å². The summed E-state index contributed by atoms with van der Waals surface area (Å²) in [4.78, 5) is 12.7. The normalized spacial score (nSPS) is 14.2. The van der Waals surface area contributed by atoms with E-state index in [4.69, 9.17) is 4.42 Å². The average Bonchev–Trinajstić information content (AvgIpc) is 3.40. The Balaban J connectivity index is 1.37. The first kappa shape index (κ1) is 17.3. The fourth-order valence-corrected chi connectivity index (χ4v) is 5.04. The summed E-state index contributed by atoms with van der Waals surface area (Å²) in [6.45, 7) is 2.49. The molecule has 0 saturated heterocycles. The Hall–Kier alpha value is -2.12. The Morgan fingerprint density at radius 2 is 2.19 bits per heavy atom. The molecule has 0 spiro atoms. The Morgan fingerprint density at radius 1 is 1.31 bits per heavy atom. The molecule has 0 bridgehead atoms. The highest BCUT2D eigenvalue weighted by Gasteiger charge is 2.21. The van der Waals surface area contributed by atoms with Crippen LogP contribution >= 0.6 is 23.1 Å². The molecule has 0 radical (unpaired) electrons. The van der Waals surface area contributed by atoms with E-state index in [9.17, 15) is 4.79 Å². The Bertz CT molecular complexity index is 905. The fourth-order valence-electron chi connectivity index (χ4n) is 3.07. The molecule has 1 unspecified atom stereocenters. The van der Waals surface area contributed by atoms with Gasteiger partial charge in [0.25, 0.3) is 0 Å². The number of Topliss-reactive ketones (excluding diaryl/α,β-unsaturated/α-hetero) is 1. The quantitative estimate of drug-likeness (QED) is 0.474. The second-order valence-corrected chi connectivity index (χ2v) is 8.83. The van der Waals surface area contributed by atoms with Gasteiger partial charge in [-0.3, -0.25) is 4.79 Å². The lowest BCUT2D eigenvalue weighted by molar-refractivity contribution is 0.0994. The number of aryl methyl sites for hydroxylation is 2. The molecule has 1 aliphatic carbocycles. The van der Waals surface area contributed by atoms with Crippen LogP contribution in [0, 0.1) is 0 Å². The zero-order valence-electron chi connectivity index (χ0n) is 14.4. The molecule has 0 fully saturated rings. The highest BCUT2D eigenvalue weighted by molar-refractivity contribution is 8.02. The predicted molar refractivity (Wildman–Crippen MR) is 104 cm³/mol. The first-order chi connectivity index (χ1) is 12.7. The second-order valence-electron chi connectivity index (χ2n) is 6.27. The predicted octanol–water partition coefficient (Wildman–Crippen LogP) is 4.60. The van der Waals surface area contributed by atoms with E-state index in [2.05, 4.69) is 27.6 Å². The van der Waals surface area contributed by atoms with E-state index in [1.54, 1.807) is 6.26 Å². The van der Waals surface area contributed by atoms with Gasteiger partial charge < -0.3 is 9.73 Å². The number of carbonyl (C=O) groups is 1. The van der Waals surface area contributed by atoms with Crippen LogP contribution in [0.3, 0.4) is 0 Å². The number of thioether (sulfide) groups is 1.